The summed E-state index contributed by atoms with van der Waals surface area (Å²) in [5.41, 5.74) is 0.473. The van der Waals surface area contributed by atoms with Crippen LogP contribution in [0.4, 0.5) is 4.39 Å². The van der Waals surface area contributed by atoms with Crippen molar-refractivity contribution in [3.05, 3.63) is 48.0 Å². The molecule has 0 fully saturated rings. The molecule has 0 aliphatic heterocycles. The third kappa shape index (κ3) is 1.31. The summed E-state index contributed by atoms with van der Waals surface area (Å²) in [4.78, 5) is 10.7. The quantitative estimate of drug-likeness (QED) is 0.677. The van der Waals surface area contributed by atoms with E-state index >= 15 is 0 Å². The summed E-state index contributed by atoms with van der Waals surface area (Å²) in [6.07, 6.45) is 3.73. The number of rotatable bonds is 2. The van der Waals surface area contributed by atoms with E-state index in [1.807, 2.05) is 0 Å². The van der Waals surface area contributed by atoms with E-state index in [1.165, 1.54) is 23.0 Å². The predicted molar refractivity (Wildman–Crippen MR) is 48.9 cm³/mol. The van der Waals surface area contributed by atoms with Gasteiger partial charge in [-0.15, -0.1) is 0 Å². The standard InChI is InChI=1S/C10H7FN2O/c11-9-4-1-3-8(7-14)10(9)13-6-2-5-12-13/h1-7H. The van der Waals surface area contributed by atoms with Crippen LogP contribution in [-0.4, -0.2) is 16.1 Å². The van der Waals surface area contributed by atoms with Gasteiger partial charge in [-0.05, 0) is 18.2 Å². The first kappa shape index (κ1) is 8.62. The fourth-order valence-corrected chi connectivity index (χ4v) is 1.27. The van der Waals surface area contributed by atoms with Crippen molar-refractivity contribution in [2.24, 2.45) is 0 Å². The van der Waals surface area contributed by atoms with Crippen molar-refractivity contribution in [2.75, 3.05) is 0 Å². The number of carbonyl (C=O) groups excluding carboxylic acids is 1. The minimum absolute atomic E-state index is 0.188. The minimum Gasteiger partial charge on any atom is -0.298 e. The highest BCUT2D eigenvalue weighted by Gasteiger charge is 2.09. The van der Waals surface area contributed by atoms with Crippen LogP contribution >= 0.6 is 0 Å². The fraction of sp³-hybridized carbons (Fsp3) is 0. The van der Waals surface area contributed by atoms with E-state index < -0.39 is 5.82 Å². The molecule has 2 rings (SSSR count). The van der Waals surface area contributed by atoms with Crippen molar-refractivity contribution in [1.82, 2.24) is 9.78 Å². The molecule has 0 saturated carbocycles. The zero-order valence-electron chi connectivity index (χ0n) is 7.22. The molecule has 3 nitrogen and oxygen atoms in total. The Morgan fingerprint density at radius 3 is 2.86 bits per heavy atom. The Bertz CT molecular complexity index is 451. The van der Waals surface area contributed by atoms with E-state index in [9.17, 15) is 9.18 Å². The van der Waals surface area contributed by atoms with Gasteiger partial charge in [0.1, 0.15) is 11.5 Å². The van der Waals surface area contributed by atoms with E-state index in [0.717, 1.165) is 0 Å². The van der Waals surface area contributed by atoms with Crippen molar-refractivity contribution in [3.63, 3.8) is 0 Å². The van der Waals surface area contributed by atoms with Crippen LogP contribution in [0, 0.1) is 5.82 Å². The van der Waals surface area contributed by atoms with Gasteiger partial charge in [0.25, 0.3) is 0 Å². The van der Waals surface area contributed by atoms with Gasteiger partial charge in [0, 0.05) is 18.0 Å². The van der Waals surface area contributed by atoms with Crippen molar-refractivity contribution < 1.29 is 9.18 Å². The lowest BCUT2D eigenvalue weighted by molar-refractivity contribution is 0.112. The van der Waals surface area contributed by atoms with Crippen LogP contribution in [0.5, 0.6) is 0 Å². The molecule has 0 spiro atoms. The Morgan fingerprint density at radius 1 is 1.36 bits per heavy atom. The van der Waals surface area contributed by atoms with E-state index in [4.69, 9.17) is 0 Å². The number of hydrogen-bond acceptors (Lipinski definition) is 2. The normalized spacial score (nSPS) is 10.1. The molecule has 0 unspecified atom stereocenters. The number of carbonyl (C=O) groups is 1. The van der Waals surface area contributed by atoms with Crippen molar-refractivity contribution in [1.29, 1.82) is 0 Å². The second-order valence-electron chi connectivity index (χ2n) is 2.75. The number of halogens is 1. The largest absolute Gasteiger partial charge is 0.298 e. The second kappa shape index (κ2) is 3.41. The van der Waals surface area contributed by atoms with Gasteiger partial charge in [0.15, 0.2) is 6.29 Å². The maximum Gasteiger partial charge on any atom is 0.152 e. The summed E-state index contributed by atoms with van der Waals surface area (Å²) in [7, 11) is 0. The lowest BCUT2D eigenvalue weighted by Crippen LogP contribution is -2.02. The van der Waals surface area contributed by atoms with Gasteiger partial charge in [-0.3, -0.25) is 4.79 Å². The van der Waals surface area contributed by atoms with Crippen LogP contribution in [0.25, 0.3) is 5.69 Å². The highest BCUT2D eigenvalue weighted by molar-refractivity contribution is 5.80. The summed E-state index contributed by atoms with van der Waals surface area (Å²) in [6.45, 7) is 0. The van der Waals surface area contributed by atoms with Crippen LogP contribution in [0.15, 0.2) is 36.7 Å². The molecule has 4 heteroatoms. The molecule has 0 saturated heterocycles. The third-order valence-corrected chi connectivity index (χ3v) is 1.88. The monoisotopic (exact) mass is 190 g/mol. The van der Waals surface area contributed by atoms with Gasteiger partial charge in [0.2, 0.25) is 0 Å². The first-order valence-corrected chi connectivity index (χ1v) is 4.06. The van der Waals surface area contributed by atoms with E-state index in [-0.39, 0.29) is 11.3 Å². The van der Waals surface area contributed by atoms with Crippen LogP contribution in [0.1, 0.15) is 10.4 Å². The van der Waals surface area contributed by atoms with Gasteiger partial charge in [-0.1, -0.05) is 6.07 Å². The lowest BCUT2D eigenvalue weighted by atomic mass is 10.2. The molecule has 0 radical (unpaired) electrons. The van der Waals surface area contributed by atoms with Gasteiger partial charge in [-0.2, -0.15) is 5.10 Å². The number of nitrogens with zero attached hydrogens (tertiary/aromatic N) is 2. The molecule has 0 aliphatic rings. The molecule has 14 heavy (non-hydrogen) atoms. The Labute approximate surface area is 79.8 Å². The molecule has 70 valence electrons. The Morgan fingerprint density at radius 2 is 2.21 bits per heavy atom. The summed E-state index contributed by atoms with van der Waals surface area (Å²) in [5, 5.41) is 3.87. The SMILES string of the molecule is O=Cc1cccc(F)c1-n1cccn1. The zero-order valence-corrected chi connectivity index (χ0v) is 7.22. The molecule has 1 aromatic heterocycles. The van der Waals surface area contributed by atoms with Crippen LogP contribution in [-0.2, 0) is 0 Å². The van der Waals surface area contributed by atoms with Gasteiger partial charge < -0.3 is 0 Å². The molecular weight excluding hydrogens is 183 g/mol. The van der Waals surface area contributed by atoms with Gasteiger partial charge in [-0.25, -0.2) is 9.07 Å². The molecule has 0 amide bonds. The van der Waals surface area contributed by atoms with Crippen molar-refractivity contribution in [3.8, 4) is 5.69 Å². The van der Waals surface area contributed by atoms with E-state index in [0.29, 0.717) is 6.29 Å². The molecular formula is C10H7FN2O. The van der Waals surface area contributed by atoms with Crippen molar-refractivity contribution >= 4 is 6.29 Å². The molecule has 1 heterocycles. The Hall–Kier alpha value is -1.97. The first-order chi connectivity index (χ1) is 6.83. The third-order valence-electron chi connectivity index (χ3n) is 1.88. The average molecular weight is 190 g/mol. The predicted octanol–water partition coefficient (Wildman–Crippen LogP) is 1.82. The maximum absolute atomic E-state index is 13.4. The van der Waals surface area contributed by atoms with Crippen molar-refractivity contribution in [2.45, 2.75) is 0 Å². The summed E-state index contributed by atoms with van der Waals surface area (Å²) >= 11 is 0. The zero-order chi connectivity index (χ0) is 9.97. The summed E-state index contributed by atoms with van der Waals surface area (Å²) in [6, 6.07) is 6.00. The summed E-state index contributed by atoms with van der Waals surface area (Å²) < 4.78 is 14.7. The Balaban J connectivity index is 2.67. The van der Waals surface area contributed by atoms with Crippen LogP contribution in [0.2, 0.25) is 0 Å². The minimum atomic E-state index is -0.460. The number of hydrogen-bond donors (Lipinski definition) is 0. The topological polar surface area (TPSA) is 34.9 Å². The highest BCUT2D eigenvalue weighted by atomic mass is 19.1. The molecule has 0 bridgehead atoms. The lowest BCUT2D eigenvalue weighted by Gasteiger charge is -2.05. The van der Waals surface area contributed by atoms with Gasteiger partial charge >= 0.3 is 0 Å². The second-order valence-corrected chi connectivity index (χ2v) is 2.75. The average Bonchev–Trinajstić information content (AvgIpc) is 2.70. The highest BCUT2D eigenvalue weighted by Crippen LogP contribution is 2.15. The maximum atomic E-state index is 13.4. The van der Waals surface area contributed by atoms with E-state index in [1.54, 1.807) is 18.3 Å². The number of para-hydroxylation sites is 1. The fourth-order valence-electron chi connectivity index (χ4n) is 1.27. The molecule has 0 atom stereocenters. The van der Waals surface area contributed by atoms with Crippen LogP contribution in [0.3, 0.4) is 0 Å². The Kier molecular flexibility index (Phi) is 2.10. The molecule has 2 aromatic rings. The number of benzene rings is 1. The molecule has 0 N–H and O–H groups in total. The molecule has 1 aromatic carbocycles. The van der Waals surface area contributed by atoms with Gasteiger partial charge in [0.05, 0.1) is 0 Å². The molecule has 0 aliphatic carbocycles. The smallest absolute Gasteiger partial charge is 0.152 e. The van der Waals surface area contributed by atoms with E-state index in [2.05, 4.69) is 5.10 Å². The number of aromatic nitrogens is 2. The first-order valence-electron chi connectivity index (χ1n) is 4.06. The van der Waals surface area contributed by atoms with Crippen LogP contribution < -0.4 is 0 Å². The summed E-state index contributed by atoms with van der Waals surface area (Å²) in [5.74, 6) is -0.460. The number of aldehydes is 1.